The molecule has 2 aromatic rings. The van der Waals surface area contributed by atoms with E-state index in [2.05, 4.69) is 15.0 Å². The van der Waals surface area contributed by atoms with E-state index in [1.807, 2.05) is 0 Å². The van der Waals surface area contributed by atoms with Crippen molar-refractivity contribution in [3.8, 4) is 11.5 Å². The van der Waals surface area contributed by atoms with E-state index < -0.39 is 0 Å². The summed E-state index contributed by atoms with van der Waals surface area (Å²) in [5, 5.41) is 0. The Hall–Kier alpha value is -1.53. The molecule has 0 amide bonds. The molecule has 0 aromatic carbocycles. The Kier molecular flexibility index (Phi) is 2.53. The molecular weight excluding hydrogens is 238 g/mol. The third-order valence-corrected chi connectivity index (χ3v) is 3.05. The molecule has 88 valence electrons. The molecule has 0 bridgehead atoms. The van der Waals surface area contributed by atoms with Crippen LogP contribution in [0.25, 0.3) is 11.5 Å². The predicted octanol–water partition coefficient (Wildman–Crippen LogP) is 2.18. The molecule has 0 spiro atoms. The summed E-state index contributed by atoms with van der Waals surface area (Å²) in [5.74, 6) is 1.27. The van der Waals surface area contributed by atoms with E-state index in [-0.39, 0.29) is 0 Å². The molecule has 0 saturated carbocycles. The molecule has 2 aromatic heterocycles. The maximum Gasteiger partial charge on any atom is 0.191 e. The average molecular weight is 249 g/mol. The molecule has 3 rings (SSSR count). The summed E-state index contributed by atoms with van der Waals surface area (Å²) in [6.45, 7) is 3.04. The molecule has 5 nitrogen and oxygen atoms in total. The topological polar surface area (TPSA) is 63.9 Å². The Labute approximate surface area is 103 Å². The van der Waals surface area contributed by atoms with E-state index in [0.717, 1.165) is 17.7 Å². The quantitative estimate of drug-likeness (QED) is 0.785. The molecule has 0 radical (unpaired) electrons. The second kappa shape index (κ2) is 4.05. The highest BCUT2D eigenvalue weighted by molar-refractivity contribution is 7.71. The Morgan fingerprint density at radius 1 is 1.41 bits per heavy atom. The van der Waals surface area contributed by atoms with Crippen molar-refractivity contribution in [2.75, 3.05) is 6.61 Å². The van der Waals surface area contributed by atoms with E-state index in [0.29, 0.717) is 35.3 Å². The number of aromatic nitrogens is 3. The van der Waals surface area contributed by atoms with Gasteiger partial charge in [-0.05, 0) is 0 Å². The monoisotopic (exact) mass is 249 g/mol. The van der Waals surface area contributed by atoms with E-state index >= 15 is 0 Å². The van der Waals surface area contributed by atoms with Crippen molar-refractivity contribution < 1.29 is 9.15 Å². The zero-order chi connectivity index (χ0) is 11.8. The molecule has 0 fully saturated rings. The van der Waals surface area contributed by atoms with Gasteiger partial charge in [-0.25, -0.2) is 9.97 Å². The molecular formula is C11H11N3O2S. The highest BCUT2D eigenvalue weighted by Gasteiger charge is 2.15. The summed E-state index contributed by atoms with van der Waals surface area (Å²) in [4.78, 5) is 11.8. The molecule has 0 aliphatic carbocycles. The van der Waals surface area contributed by atoms with Gasteiger partial charge in [0.15, 0.2) is 11.7 Å². The lowest BCUT2D eigenvalue weighted by molar-refractivity contribution is 0.108. The Morgan fingerprint density at radius 2 is 2.29 bits per heavy atom. The summed E-state index contributed by atoms with van der Waals surface area (Å²) in [6, 6.07) is 0. The van der Waals surface area contributed by atoms with Crippen molar-refractivity contribution in [2.24, 2.45) is 0 Å². The van der Waals surface area contributed by atoms with E-state index in [1.165, 1.54) is 0 Å². The number of aryl methyl sites for hydroxylation is 1. The van der Waals surface area contributed by atoms with Gasteiger partial charge < -0.3 is 14.1 Å². The van der Waals surface area contributed by atoms with Gasteiger partial charge >= 0.3 is 0 Å². The van der Waals surface area contributed by atoms with E-state index in [1.54, 1.807) is 13.2 Å². The second-order valence-electron chi connectivity index (χ2n) is 3.90. The first-order valence-electron chi connectivity index (χ1n) is 5.36. The lowest BCUT2D eigenvalue weighted by Gasteiger charge is -2.16. The van der Waals surface area contributed by atoms with Crippen molar-refractivity contribution >= 4 is 12.2 Å². The van der Waals surface area contributed by atoms with E-state index in [4.69, 9.17) is 21.4 Å². The van der Waals surface area contributed by atoms with Crippen LogP contribution in [-0.2, 0) is 17.8 Å². The van der Waals surface area contributed by atoms with Crippen molar-refractivity contribution in [3.05, 3.63) is 28.1 Å². The average Bonchev–Trinajstić information content (AvgIpc) is 2.76. The predicted molar refractivity (Wildman–Crippen MR) is 63.0 cm³/mol. The normalized spacial score (nSPS) is 14.6. The van der Waals surface area contributed by atoms with Gasteiger partial charge in [-0.3, -0.25) is 0 Å². The number of nitrogens with zero attached hydrogens (tertiary/aromatic N) is 2. The van der Waals surface area contributed by atoms with Crippen LogP contribution in [-0.4, -0.2) is 21.6 Å². The molecule has 0 unspecified atom stereocenters. The van der Waals surface area contributed by atoms with Crippen LogP contribution in [0.1, 0.15) is 17.1 Å². The number of nitrogens with one attached hydrogen (secondary N) is 1. The van der Waals surface area contributed by atoms with Crippen LogP contribution in [0.3, 0.4) is 0 Å². The third-order valence-electron chi connectivity index (χ3n) is 2.71. The third kappa shape index (κ3) is 1.89. The summed E-state index contributed by atoms with van der Waals surface area (Å²) in [6.07, 6.45) is 2.40. The van der Waals surface area contributed by atoms with Crippen LogP contribution in [0.5, 0.6) is 0 Å². The summed E-state index contributed by atoms with van der Waals surface area (Å²) < 4.78 is 11.1. The van der Waals surface area contributed by atoms with Gasteiger partial charge in [0.05, 0.1) is 13.2 Å². The number of hydrogen-bond acceptors (Lipinski definition) is 5. The second-order valence-corrected chi connectivity index (χ2v) is 4.29. The summed E-state index contributed by atoms with van der Waals surface area (Å²) >= 11 is 5.26. The van der Waals surface area contributed by atoms with Crippen LogP contribution in [0.2, 0.25) is 0 Å². The van der Waals surface area contributed by atoms with Gasteiger partial charge in [-0.2, -0.15) is 0 Å². The number of hydrogen-bond donors (Lipinski definition) is 1. The van der Waals surface area contributed by atoms with Crippen molar-refractivity contribution in [2.45, 2.75) is 20.0 Å². The Morgan fingerprint density at radius 3 is 3.06 bits per heavy atom. The Bertz CT molecular complexity index is 617. The molecule has 17 heavy (non-hydrogen) atoms. The summed E-state index contributed by atoms with van der Waals surface area (Å²) in [7, 11) is 0. The highest BCUT2D eigenvalue weighted by Crippen LogP contribution is 2.20. The summed E-state index contributed by atoms with van der Waals surface area (Å²) in [5.41, 5.74) is 2.75. The minimum atomic E-state index is 0.537. The molecule has 1 aliphatic heterocycles. The maximum absolute atomic E-state index is 5.37. The van der Waals surface area contributed by atoms with Crippen LogP contribution in [0, 0.1) is 11.6 Å². The number of oxazole rings is 1. The standard InChI is InChI=1S/C11H11N3O2S/c1-6-12-9(5-16-6)10-13-8-2-3-15-4-7(8)11(17)14-10/h5H,2-4H2,1H3,(H,13,14,17). The van der Waals surface area contributed by atoms with Crippen LogP contribution in [0.15, 0.2) is 10.7 Å². The van der Waals surface area contributed by atoms with Gasteiger partial charge in [0.1, 0.15) is 16.6 Å². The number of H-pyrrole nitrogens is 1. The van der Waals surface area contributed by atoms with Gasteiger partial charge in [-0.1, -0.05) is 12.2 Å². The molecule has 0 atom stereocenters. The maximum atomic E-state index is 5.37. The minimum Gasteiger partial charge on any atom is -0.449 e. The largest absolute Gasteiger partial charge is 0.449 e. The van der Waals surface area contributed by atoms with Gasteiger partial charge in [0, 0.05) is 24.6 Å². The zero-order valence-corrected chi connectivity index (χ0v) is 10.1. The van der Waals surface area contributed by atoms with Crippen molar-refractivity contribution in [3.63, 3.8) is 0 Å². The van der Waals surface area contributed by atoms with Crippen LogP contribution >= 0.6 is 12.2 Å². The lowest BCUT2D eigenvalue weighted by atomic mass is 10.1. The SMILES string of the molecule is Cc1nc(-c2nc(=S)c3c([nH]2)CCOC3)co1. The molecule has 1 N–H and O–H groups in total. The first kappa shape index (κ1) is 10.6. The first-order valence-corrected chi connectivity index (χ1v) is 5.77. The molecule has 0 saturated heterocycles. The minimum absolute atomic E-state index is 0.537. The molecule has 1 aliphatic rings. The van der Waals surface area contributed by atoms with Crippen molar-refractivity contribution in [1.29, 1.82) is 0 Å². The number of aromatic amines is 1. The highest BCUT2D eigenvalue weighted by atomic mass is 32.1. The lowest BCUT2D eigenvalue weighted by Crippen LogP contribution is -2.14. The number of ether oxygens (including phenoxy) is 1. The van der Waals surface area contributed by atoms with Crippen LogP contribution in [0.4, 0.5) is 0 Å². The van der Waals surface area contributed by atoms with Crippen molar-refractivity contribution in [1.82, 2.24) is 15.0 Å². The Balaban J connectivity index is 2.13. The molecule has 3 heterocycles. The smallest absolute Gasteiger partial charge is 0.191 e. The molecule has 6 heteroatoms. The number of rotatable bonds is 1. The fourth-order valence-electron chi connectivity index (χ4n) is 1.85. The first-order chi connectivity index (χ1) is 8.24. The van der Waals surface area contributed by atoms with E-state index in [9.17, 15) is 0 Å². The zero-order valence-electron chi connectivity index (χ0n) is 9.32. The van der Waals surface area contributed by atoms with Gasteiger partial charge in [0.2, 0.25) is 0 Å². The van der Waals surface area contributed by atoms with Gasteiger partial charge in [-0.15, -0.1) is 0 Å². The van der Waals surface area contributed by atoms with Gasteiger partial charge in [0.25, 0.3) is 0 Å². The number of fused-ring (bicyclic) bond motifs is 1. The van der Waals surface area contributed by atoms with Crippen LogP contribution < -0.4 is 0 Å². The fraction of sp³-hybridized carbons (Fsp3) is 0.364. The fourth-order valence-corrected chi connectivity index (χ4v) is 2.12.